The number of ether oxygens (including phenoxy) is 1. The number of hydrogen-bond acceptors (Lipinski definition) is 4. The Hall–Kier alpha value is -2.40. The van der Waals surface area contributed by atoms with E-state index in [1.165, 1.54) is 11.3 Å². The SMILES string of the molecule is COc1ccc(N(C)C(=O)c2nc3ccccc3s2)cc1. The summed E-state index contributed by atoms with van der Waals surface area (Å²) in [6.45, 7) is 0. The van der Waals surface area contributed by atoms with E-state index in [-0.39, 0.29) is 5.91 Å². The lowest BCUT2D eigenvalue weighted by Gasteiger charge is -2.16. The highest BCUT2D eigenvalue weighted by Gasteiger charge is 2.17. The minimum absolute atomic E-state index is 0.110. The van der Waals surface area contributed by atoms with E-state index >= 15 is 0 Å². The fourth-order valence-electron chi connectivity index (χ4n) is 2.03. The molecule has 3 rings (SSSR count). The van der Waals surface area contributed by atoms with E-state index in [2.05, 4.69) is 4.98 Å². The fourth-order valence-corrected chi connectivity index (χ4v) is 2.97. The Bertz CT molecular complexity index is 747. The fraction of sp³-hybridized carbons (Fsp3) is 0.125. The van der Waals surface area contributed by atoms with Crippen LogP contribution in [0.3, 0.4) is 0 Å². The third-order valence-electron chi connectivity index (χ3n) is 3.24. The first-order valence-electron chi connectivity index (χ1n) is 6.47. The van der Waals surface area contributed by atoms with Gasteiger partial charge in [0, 0.05) is 12.7 Å². The summed E-state index contributed by atoms with van der Waals surface area (Å²) in [4.78, 5) is 18.5. The average molecular weight is 298 g/mol. The van der Waals surface area contributed by atoms with Crippen molar-refractivity contribution in [1.82, 2.24) is 4.98 Å². The topological polar surface area (TPSA) is 42.4 Å². The molecule has 1 aromatic heterocycles. The number of thiazole rings is 1. The van der Waals surface area contributed by atoms with Gasteiger partial charge in [-0.15, -0.1) is 11.3 Å². The van der Waals surface area contributed by atoms with Gasteiger partial charge in [0.15, 0.2) is 5.01 Å². The molecule has 1 amide bonds. The smallest absolute Gasteiger partial charge is 0.287 e. The average Bonchev–Trinajstić information content (AvgIpc) is 2.97. The summed E-state index contributed by atoms with van der Waals surface area (Å²) in [7, 11) is 3.36. The van der Waals surface area contributed by atoms with Gasteiger partial charge in [0.05, 0.1) is 17.3 Å². The molecule has 0 unspecified atom stereocenters. The normalized spacial score (nSPS) is 10.6. The Morgan fingerprint density at radius 1 is 1.14 bits per heavy atom. The highest BCUT2D eigenvalue weighted by molar-refractivity contribution is 7.20. The molecule has 0 spiro atoms. The molecule has 0 saturated carbocycles. The van der Waals surface area contributed by atoms with Gasteiger partial charge in [-0.25, -0.2) is 4.98 Å². The molecular weight excluding hydrogens is 284 g/mol. The van der Waals surface area contributed by atoms with Crippen LogP contribution >= 0.6 is 11.3 Å². The molecule has 0 bridgehead atoms. The zero-order valence-corrected chi connectivity index (χ0v) is 12.6. The molecule has 4 nitrogen and oxygen atoms in total. The number of amides is 1. The molecule has 106 valence electrons. The molecule has 5 heteroatoms. The van der Waals surface area contributed by atoms with Gasteiger partial charge < -0.3 is 9.64 Å². The number of anilines is 1. The van der Waals surface area contributed by atoms with Gasteiger partial charge in [-0.3, -0.25) is 4.79 Å². The molecule has 0 fully saturated rings. The largest absolute Gasteiger partial charge is 0.497 e. The number of methoxy groups -OCH3 is 1. The van der Waals surface area contributed by atoms with E-state index < -0.39 is 0 Å². The first-order valence-corrected chi connectivity index (χ1v) is 7.28. The second-order valence-electron chi connectivity index (χ2n) is 4.55. The lowest BCUT2D eigenvalue weighted by atomic mass is 10.3. The highest BCUT2D eigenvalue weighted by Crippen LogP contribution is 2.25. The monoisotopic (exact) mass is 298 g/mol. The van der Waals surface area contributed by atoms with Crippen molar-refractivity contribution in [3.63, 3.8) is 0 Å². The Morgan fingerprint density at radius 2 is 1.86 bits per heavy atom. The first-order chi connectivity index (χ1) is 10.2. The third-order valence-corrected chi connectivity index (χ3v) is 4.27. The lowest BCUT2D eigenvalue weighted by Crippen LogP contribution is -2.25. The van der Waals surface area contributed by atoms with Gasteiger partial charge in [0.1, 0.15) is 5.75 Å². The number of fused-ring (bicyclic) bond motifs is 1. The number of rotatable bonds is 3. The van der Waals surface area contributed by atoms with E-state index in [1.54, 1.807) is 19.1 Å². The number of hydrogen-bond donors (Lipinski definition) is 0. The third kappa shape index (κ3) is 2.60. The molecule has 2 aromatic carbocycles. The zero-order chi connectivity index (χ0) is 14.8. The molecule has 0 atom stereocenters. The van der Waals surface area contributed by atoms with Crippen molar-refractivity contribution in [1.29, 1.82) is 0 Å². The molecule has 3 aromatic rings. The standard InChI is InChI=1S/C16H14N2O2S/c1-18(11-7-9-12(20-2)10-8-11)16(19)15-17-13-5-3-4-6-14(13)21-15/h3-10H,1-2H3. The summed E-state index contributed by atoms with van der Waals surface area (Å²) in [5.74, 6) is 0.654. The van der Waals surface area contributed by atoms with E-state index in [0.717, 1.165) is 21.7 Å². The van der Waals surface area contributed by atoms with E-state index in [4.69, 9.17) is 4.74 Å². The quantitative estimate of drug-likeness (QED) is 0.742. The molecule has 0 aliphatic heterocycles. The van der Waals surface area contributed by atoms with Crippen LogP contribution in [0.25, 0.3) is 10.2 Å². The number of aromatic nitrogens is 1. The van der Waals surface area contributed by atoms with Crippen LogP contribution in [0, 0.1) is 0 Å². The molecule has 0 aliphatic rings. The summed E-state index contributed by atoms with van der Waals surface area (Å²) < 4.78 is 6.14. The van der Waals surface area contributed by atoms with Gasteiger partial charge in [0.25, 0.3) is 5.91 Å². The zero-order valence-electron chi connectivity index (χ0n) is 11.7. The molecular formula is C16H14N2O2S. The van der Waals surface area contributed by atoms with Crippen molar-refractivity contribution in [3.05, 3.63) is 53.5 Å². The summed E-state index contributed by atoms with van der Waals surface area (Å²) >= 11 is 1.41. The number of carbonyl (C=O) groups excluding carboxylic acids is 1. The minimum atomic E-state index is -0.110. The number of carbonyl (C=O) groups is 1. The van der Waals surface area contributed by atoms with Crippen molar-refractivity contribution >= 4 is 33.1 Å². The van der Waals surface area contributed by atoms with Crippen molar-refractivity contribution < 1.29 is 9.53 Å². The van der Waals surface area contributed by atoms with Crippen molar-refractivity contribution in [2.24, 2.45) is 0 Å². The summed E-state index contributed by atoms with van der Waals surface area (Å²) in [6, 6.07) is 15.1. The Labute approximate surface area is 126 Å². The van der Waals surface area contributed by atoms with Gasteiger partial charge in [-0.05, 0) is 36.4 Å². The second kappa shape index (κ2) is 5.54. The maximum atomic E-state index is 12.5. The van der Waals surface area contributed by atoms with Gasteiger partial charge in [-0.2, -0.15) is 0 Å². The van der Waals surface area contributed by atoms with Gasteiger partial charge in [-0.1, -0.05) is 12.1 Å². The molecule has 0 aliphatic carbocycles. The summed E-state index contributed by atoms with van der Waals surface area (Å²) in [6.07, 6.45) is 0. The van der Waals surface area contributed by atoms with E-state index in [0.29, 0.717) is 5.01 Å². The van der Waals surface area contributed by atoms with Crippen LogP contribution in [0.5, 0.6) is 5.75 Å². The van der Waals surface area contributed by atoms with E-state index in [9.17, 15) is 4.79 Å². The molecule has 0 N–H and O–H groups in total. The Kier molecular flexibility index (Phi) is 3.58. The van der Waals surface area contributed by atoms with Crippen molar-refractivity contribution in [2.75, 3.05) is 19.1 Å². The predicted octanol–water partition coefficient (Wildman–Crippen LogP) is 3.58. The van der Waals surface area contributed by atoms with Crippen LogP contribution in [0.1, 0.15) is 9.80 Å². The molecule has 0 radical (unpaired) electrons. The van der Waals surface area contributed by atoms with Crippen LogP contribution < -0.4 is 9.64 Å². The van der Waals surface area contributed by atoms with Crippen LogP contribution in [-0.2, 0) is 0 Å². The van der Waals surface area contributed by atoms with E-state index in [1.807, 2.05) is 48.5 Å². The summed E-state index contributed by atoms with van der Waals surface area (Å²) in [5.41, 5.74) is 1.66. The minimum Gasteiger partial charge on any atom is -0.497 e. The van der Waals surface area contributed by atoms with Crippen molar-refractivity contribution in [2.45, 2.75) is 0 Å². The van der Waals surface area contributed by atoms with Crippen LogP contribution in [0.4, 0.5) is 5.69 Å². The van der Waals surface area contributed by atoms with Crippen LogP contribution in [0.2, 0.25) is 0 Å². The summed E-state index contributed by atoms with van der Waals surface area (Å²) in [5, 5.41) is 0.495. The van der Waals surface area contributed by atoms with Crippen molar-refractivity contribution in [3.8, 4) is 5.75 Å². The highest BCUT2D eigenvalue weighted by atomic mass is 32.1. The second-order valence-corrected chi connectivity index (χ2v) is 5.58. The maximum Gasteiger partial charge on any atom is 0.287 e. The van der Waals surface area contributed by atoms with Crippen LogP contribution in [0.15, 0.2) is 48.5 Å². The molecule has 0 saturated heterocycles. The Balaban J connectivity index is 1.89. The van der Waals surface area contributed by atoms with Gasteiger partial charge >= 0.3 is 0 Å². The predicted molar refractivity (Wildman–Crippen MR) is 85.3 cm³/mol. The maximum absolute atomic E-state index is 12.5. The molecule has 1 heterocycles. The van der Waals surface area contributed by atoms with Crippen LogP contribution in [-0.4, -0.2) is 25.0 Å². The van der Waals surface area contributed by atoms with Gasteiger partial charge in [0.2, 0.25) is 0 Å². The first kappa shape index (κ1) is 13.6. The molecule has 21 heavy (non-hydrogen) atoms. The Morgan fingerprint density at radius 3 is 2.52 bits per heavy atom. The number of para-hydroxylation sites is 1. The lowest BCUT2D eigenvalue weighted by molar-refractivity contribution is 0.0993. The number of nitrogens with zero attached hydrogens (tertiary/aromatic N) is 2. The number of benzene rings is 2.